The van der Waals surface area contributed by atoms with E-state index in [1.807, 2.05) is 0 Å². The lowest BCUT2D eigenvalue weighted by Gasteiger charge is -2.04. The summed E-state index contributed by atoms with van der Waals surface area (Å²) >= 11 is 5.83. The highest BCUT2D eigenvalue weighted by atomic mass is 35.5. The summed E-state index contributed by atoms with van der Waals surface area (Å²) in [6, 6.07) is 4.19. The van der Waals surface area contributed by atoms with Crippen LogP contribution in [-0.2, 0) is 4.79 Å². The van der Waals surface area contributed by atoms with Gasteiger partial charge in [0.2, 0.25) is 0 Å². The van der Waals surface area contributed by atoms with Crippen molar-refractivity contribution in [2.75, 3.05) is 0 Å². The number of rotatable bonds is 2. The predicted octanol–water partition coefficient (Wildman–Crippen LogP) is 1.91. The zero-order valence-corrected chi connectivity index (χ0v) is 8.45. The second-order valence-corrected chi connectivity index (χ2v) is 3.69. The summed E-state index contributed by atoms with van der Waals surface area (Å²) in [4.78, 5) is 13.7. The zero-order valence-electron chi connectivity index (χ0n) is 7.70. The van der Waals surface area contributed by atoms with E-state index < -0.39 is 12.0 Å². The molecule has 1 heterocycles. The fourth-order valence-electron chi connectivity index (χ4n) is 1.50. The summed E-state index contributed by atoms with van der Waals surface area (Å²) in [5.41, 5.74) is 6.90. The molecule has 0 aliphatic carbocycles. The molecular weight excluding hydrogens is 216 g/mol. The number of aromatic amines is 1. The van der Waals surface area contributed by atoms with Gasteiger partial charge in [0, 0.05) is 27.7 Å². The van der Waals surface area contributed by atoms with Gasteiger partial charge in [0.05, 0.1) is 0 Å². The Hall–Kier alpha value is -1.52. The molecule has 0 amide bonds. The lowest BCUT2D eigenvalue weighted by molar-refractivity contribution is -0.138. The Balaban J connectivity index is 2.61. The van der Waals surface area contributed by atoms with Gasteiger partial charge in [-0.1, -0.05) is 11.6 Å². The van der Waals surface area contributed by atoms with Crippen LogP contribution in [0.5, 0.6) is 0 Å². The zero-order chi connectivity index (χ0) is 11.0. The summed E-state index contributed by atoms with van der Waals surface area (Å²) in [7, 11) is 0. The molecule has 4 nitrogen and oxygen atoms in total. The lowest BCUT2D eigenvalue weighted by atomic mass is 10.1. The Labute approximate surface area is 90.7 Å². The molecule has 0 saturated carbocycles. The van der Waals surface area contributed by atoms with Gasteiger partial charge in [-0.3, -0.25) is 4.79 Å². The summed E-state index contributed by atoms with van der Waals surface area (Å²) in [5, 5.41) is 10.1. The van der Waals surface area contributed by atoms with E-state index in [4.69, 9.17) is 22.4 Å². The smallest absolute Gasteiger partial charge is 0.325 e. The molecule has 0 unspecified atom stereocenters. The average Bonchev–Trinajstić information content (AvgIpc) is 2.59. The number of nitrogens with two attached hydrogens (primary N) is 1. The van der Waals surface area contributed by atoms with Crippen LogP contribution in [0.1, 0.15) is 11.6 Å². The van der Waals surface area contributed by atoms with Crippen LogP contribution >= 0.6 is 11.6 Å². The monoisotopic (exact) mass is 224 g/mol. The lowest BCUT2D eigenvalue weighted by Crippen LogP contribution is -2.20. The van der Waals surface area contributed by atoms with E-state index in [0.717, 1.165) is 10.9 Å². The quantitative estimate of drug-likeness (QED) is 0.729. The fraction of sp³-hybridized carbons (Fsp3) is 0.100. The number of hydrogen-bond donors (Lipinski definition) is 3. The first-order valence-corrected chi connectivity index (χ1v) is 4.72. The Kier molecular flexibility index (Phi) is 2.38. The Bertz CT molecular complexity index is 521. The van der Waals surface area contributed by atoms with Crippen molar-refractivity contribution in [3.63, 3.8) is 0 Å². The SMILES string of the molecule is N[C@@H](C(=O)O)c1c[nH]c2ccc(Cl)cc12. The number of aromatic nitrogens is 1. The molecule has 1 aromatic heterocycles. The number of fused-ring (bicyclic) bond motifs is 1. The summed E-state index contributed by atoms with van der Waals surface area (Å²) in [6.07, 6.45) is 1.60. The average molecular weight is 225 g/mol. The normalized spacial score (nSPS) is 12.9. The van der Waals surface area contributed by atoms with Crippen LogP contribution in [0.15, 0.2) is 24.4 Å². The number of H-pyrrole nitrogens is 1. The third kappa shape index (κ3) is 1.69. The van der Waals surface area contributed by atoms with Crippen LogP contribution in [0.25, 0.3) is 10.9 Å². The summed E-state index contributed by atoms with van der Waals surface area (Å²) in [6.45, 7) is 0. The van der Waals surface area contributed by atoms with E-state index in [9.17, 15) is 4.79 Å². The second-order valence-electron chi connectivity index (χ2n) is 3.25. The predicted molar refractivity (Wildman–Crippen MR) is 57.9 cm³/mol. The van der Waals surface area contributed by atoms with Gasteiger partial charge in [-0.15, -0.1) is 0 Å². The molecular formula is C10H9ClN2O2. The maximum Gasteiger partial charge on any atom is 0.325 e. The van der Waals surface area contributed by atoms with Gasteiger partial charge in [0.15, 0.2) is 0 Å². The van der Waals surface area contributed by atoms with Crippen LogP contribution in [0, 0.1) is 0 Å². The Morgan fingerprint density at radius 2 is 2.27 bits per heavy atom. The van der Waals surface area contributed by atoms with E-state index in [2.05, 4.69) is 4.98 Å². The summed E-state index contributed by atoms with van der Waals surface area (Å²) < 4.78 is 0. The standard InChI is InChI=1S/C10H9ClN2O2/c11-5-1-2-8-6(3-5)7(4-13-8)9(12)10(14)15/h1-4,9,13H,12H2,(H,14,15)/t9-/m1/s1. The first-order chi connectivity index (χ1) is 7.09. The van der Waals surface area contributed by atoms with Crippen molar-refractivity contribution in [2.45, 2.75) is 6.04 Å². The van der Waals surface area contributed by atoms with Gasteiger partial charge >= 0.3 is 5.97 Å². The Morgan fingerprint density at radius 3 is 2.93 bits per heavy atom. The molecule has 4 N–H and O–H groups in total. The van der Waals surface area contributed by atoms with Crippen LogP contribution in [-0.4, -0.2) is 16.1 Å². The van der Waals surface area contributed by atoms with E-state index >= 15 is 0 Å². The number of carbonyl (C=O) groups is 1. The van der Waals surface area contributed by atoms with Crippen LogP contribution in [0.2, 0.25) is 5.02 Å². The van der Waals surface area contributed by atoms with Gasteiger partial charge < -0.3 is 15.8 Å². The molecule has 0 bridgehead atoms. The number of carboxylic acids is 1. The van der Waals surface area contributed by atoms with Crippen molar-refractivity contribution in [1.29, 1.82) is 0 Å². The minimum atomic E-state index is -1.06. The first-order valence-electron chi connectivity index (χ1n) is 4.34. The summed E-state index contributed by atoms with van der Waals surface area (Å²) in [5.74, 6) is -1.06. The highest BCUT2D eigenvalue weighted by Crippen LogP contribution is 2.25. The number of halogens is 1. The largest absolute Gasteiger partial charge is 0.480 e. The highest BCUT2D eigenvalue weighted by molar-refractivity contribution is 6.31. The molecule has 15 heavy (non-hydrogen) atoms. The van der Waals surface area contributed by atoms with E-state index in [1.165, 1.54) is 0 Å². The maximum atomic E-state index is 10.8. The van der Waals surface area contributed by atoms with E-state index in [1.54, 1.807) is 24.4 Å². The van der Waals surface area contributed by atoms with Gasteiger partial charge in [0.25, 0.3) is 0 Å². The number of aliphatic carboxylic acids is 1. The molecule has 0 aliphatic rings. The van der Waals surface area contributed by atoms with Crippen molar-refractivity contribution in [3.05, 3.63) is 35.0 Å². The van der Waals surface area contributed by atoms with E-state index in [0.29, 0.717) is 10.6 Å². The molecule has 0 fully saturated rings. The molecule has 1 aromatic carbocycles. The minimum absolute atomic E-state index is 0.542. The van der Waals surface area contributed by atoms with Crippen molar-refractivity contribution < 1.29 is 9.90 Å². The molecule has 0 aliphatic heterocycles. The highest BCUT2D eigenvalue weighted by Gasteiger charge is 2.18. The molecule has 5 heteroatoms. The van der Waals surface area contributed by atoms with Gasteiger partial charge in [-0.25, -0.2) is 0 Å². The number of hydrogen-bond acceptors (Lipinski definition) is 2. The van der Waals surface area contributed by atoms with Crippen molar-refractivity contribution in [1.82, 2.24) is 4.98 Å². The molecule has 0 radical (unpaired) electrons. The van der Waals surface area contributed by atoms with Crippen LogP contribution in [0.4, 0.5) is 0 Å². The third-order valence-corrected chi connectivity index (χ3v) is 2.51. The molecule has 2 rings (SSSR count). The topological polar surface area (TPSA) is 79.1 Å². The molecule has 1 atom stereocenters. The first kappa shape index (κ1) is 10.0. The third-order valence-electron chi connectivity index (χ3n) is 2.28. The van der Waals surface area contributed by atoms with Crippen molar-refractivity contribution >= 4 is 28.5 Å². The molecule has 78 valence electrons. The fourth-order valence-corrected chi connectivity index (χ4v) is 1.68. The van der Waals surface area contributed by atoms with Crippen LogP contribution in [0.3, 0.4) is 0 Å². The second kappa shape index (κ2) is 3.56. The van der Waals surface area contributed by atoms with Gasteiger partial charge in [-0.05, 0) is 18.2 Å². The van der Waals surface area contributed by atoms with E-state index in [-0.39, 0.29) is 0 Å². The van der Waals surface area contributed by atoms with Gasteiger partial charge in [0.1, 0.15) is 6.04 Å². The molecule has 0 saturated heterocycles. The van der Waals surface area contributed by atoms with Crippen molar-refractivity contribution in [3.8, 4) is 0 Å². The Morgan fingerprint density at radius 1 is 1.53 bits per heavy atom. The van der Waals surface area contributed by atoms with Crippen LogP contribution < -0.4 is 5.73 Å². The maximum absolute atomic E-state index is 10.8. The number of carboxylic acid groups (broad SMARTS) is 1. The molecule has 2 aromatic rings. The number of nitrogens with one attached hydrogen (secondary N) is 1. The molecule has 0 spiro atoms. The van der Waals surface area contributed by atoms with Gasteiger partial charge in [-0.2, -0.15) is 0 Å². The number of benzene rings is 1. The minimum Gasteiger partial charge on any atom is -0.480 e. The van der Waals surface area contributed by atoms with Crippen molar-refractivity contribution in [2.24, 2.45) is 5.73 Å².